The third-order valence-electron chi connectivity index (χ3n) is 2.25. The van der Waals surface area contributed by atoms with Crippen LogP contribution in [0.25, 0.3) is 0 Å². The summed E-state index contributed by atoms with van der Waals surface area (Å²) in [5.74, 6) is 6.10. The molecule has 0 aliphatic heterocycles. The lowest BCUT2D eigenvalue weighted by molar-refractivity contribution is -0.116. The molecule has 1 heterocycles. The number of carbonyl (C=O) groups excluding carboxylic acids is 1. The van der Waals surface area contributed by atoms with Crippen molar-refractivity contribution in [2.75, 3.05) is 25.6 Å². The van der Waals surface area contributed by atoms with E-state index in [0.29, 0.717) is 31.7 Å². The van der Waals surface area contributed by atoms with Gasteiger partial charge in [0.25, 0.3) is 0 Å². The van der Waals surface area contributed by atoms with Gasteiger partial charge in [-0.2, -0.15) is 0 Å². The maximum absolute atomic E-state index is 11.6. The Morgan fingerprint density at radius 1 is 1.58 bits per heavy atom. The number of aliphatic hydroxyl groups excluding tert-OH is 1. The number of ether oxygens (including phenoxy) is 1. The minimum absolute atomic E-state index is 0.0428. The molecule has 0 unspecified atom stereocenters. The molecule has 0 spiro atoms. The smallest absolute Gasteiger partial charge is 0.225 e. The van der Waals surface area contributed by atoms with Gasteiger partial charge in [-0.15, -0.1) is 0 Å². The highest BCUT2D eigenvalue weighted by Crippen LogP contribution is 2.06. The molecule has 19 heavy (non-hydrogen) atoms. The second kappa shape index (κ2) is 9.09. The molecular weight excluding hydrogens is 244 g/mol. The standard InChI is InChI=1S/C14H18N2O3/c1-19-10-4-6-14(18)16-13-11-12(7-8-15-13)5-2-3-9-17/h7-8,11,17H,3-4,6,9-10H2,1H3,(H,15,16,18). The maximum atomic E-state index is 11.6. The van der Waals surface area contributed by atoms with Crippen LogP contribution in [0.3, 0.4) is 0 Å². The number of aromatic nitrogens is 1. The van der Waals surface area contributed by atoms with Crippen LogP contribution in [-0.2, 0) is 9.53 Å². The molecule has 0 radical (unpaired) electrons. The summed E-state index contributed by atoms with van der Waals surface area (Å²) in [6, 6.07) is 3.46. The van der Waals surface area contributed by atoms with E-state index in [1.54, 1.807) is 25.4 Å². The van der Waals surface area contributed by atoms with Gasteiger partial charge in [-0.1, -0.05) is 11.8 Å². The highest BCUT2D eigenvalue weighted by Gasteiger charge is 2.03. The number of hydrogen-bond acceptors (Lipinski definition) is 4. The fourth-order valence-electron chi connectivity index (χ4n) is 1.38. The molecule has 1 aromatic rings. The zero-order valence-corrected chi connectivity index (χ0v) is 11.0. The monoisotopic (exact) mass is 262 g/mol. The first kappa shape index (κ1) is 15.2. The average molecular weight is 262 g/mol. The van der Waals surface area contributed by atoms with Gasteiger partial charge in [0, 0.05) is 38.3 Å². The number of rotatable bonds is 6. The first-order valence-corrected chi connectivity index (χ1v) is 6.11. The number of pyridine rings is 1. The summed E-state index contributed by atoms with van der Waals surface area (Å²) in [6.45, 7) is 0.606. The van der Waals surface area contributed by atoms with Crippen LogP contribution in [0, 0.1) is 11.8 Å². The quantitative estimate of drug-likeness (QED) is 0.596. The van der Waals surface area contributed by atoms with Crippen molar-refractivity contribution < 1.29 is 14.6 Å². The molecule has 5 heteroatoms. The van der Waals surface area contributed by atoms with Crippen LogP contribution in [0.15, 0.2) is 18.3 Å². The Labute approximate surface area is 113 Å². The lowest BCUT2D eigenvalue weighted by atomic mass is 10.2. The van der Waals surface area contributed by atoms with Gasteiger partial charge in [0.1, 0.15) is 5.82 Å². The lowest BCUT2D eigenvalue weighted by Gasteiger charge is -2.04. The number of nitrogens with zero attached hydrogens (tertiary/aromatic N) is 1. The average Bonchev–Trinajstić information content (AvgIpc) is 2.40. The molecule has 0 aliphatic rings. The van der Waals surface area contributed by atoms with Crippen molar-refractivity contribution in [3.63, 3.8) is 0 Å². The van der Waals surface area contributed by atoms with E-state index < -0.39 is 0 Å². The summed E-state index contributed by atoms with van der Waals surface area (Å²) in [7, 11) is 1.61. The Balaban J connectivity index is 2.52. The molecule has 0 atom stereocenters. The highest BCUT2D eigenvalue weighted by atomic mass is 16.5. The number of anilines is 1. The fraction of sp³-hybridized carbons (Fsp3) is 0.429. The van der Waals surface area contributed by atoms with E-state index in [2.05, 4.69) is 22.1 Å². The topological polar surface area (TPSA) is 71.5 Å². The normalized spacial score (nSPS) is 9.58. The van der Waals surface area contributed by atoms with Crippen LogP contribution in [0.1, 0.15) is 24.8 Å². The molecule has 2 N–H and O–H groups in total. The van der Waals surface area contributed by atoms with Crippen LogP contribution < -0.4 is 5.32 Å². The molecule has 0 aromatic carbocycles. The molecular formula is C14H18N2O3. The van der Waals surface area contributed by atoms with E-state index in [9.17, 15) is 4.79 Å². The van der Waals surface area contributed by atoms with Crippen LogP contribution in [0.5, 0.6) is 0 Å². The Morgan fingerprint density at radius 2 is 2.42 bits per heavy atom. The molecule has 0 bridgehead atoms. The van der Waals surface area contributed by atoms with Crippen LogP contribution in [0.4, 0.5) is 5.82 Å². The zero-order valence-electron chi connectivity index (χ0n) is 11.0. The van der Waals surface area contributed by atoms with Crippen molar-refractivity contribution in [2.45, 2.75) is 19.3 Å². The van der Waals surface area contributed by atoms with Crippen molar-refractivity contribution in [3.8, 4) is 11.8 Å². The third kappa shape index (κ3) is 6.55. The van der Waals surface area contributed by atoms with E-state index in [1.807, 2.05) is 0 Å². The number of carbonyl (C=O) groups is 1. The number of amides is 1. The predicted molar refractivity (Wildman–Crippen MR) is 72.6 cm³/mol. The third-order valence-corrected chi connectivity index (χ3v) is 2.25. The van der Waals surface area contributed by atoms with Gasteiger partial charge in [-0.05, 0) is 18.6 Å². The summed E-state index contributed by atoms with van der Waals surface area (Å²) in [5, 5.41) is 11.3. The number of methoxy groups -OCH3 is 1. The number of aliphatic hydroxyl groups is 1. The van der Waals surface area contributed by atoms with Crippen LogP contribution in [-0.4, -0.2) is 36.3 Å². The van der Waals surface area contributed by atoms with E-state index >= 15 is 0 Å². The van der Waals surface area contributed by atoms with E-state index in [0.717, 1.165) is 5.56 Å². The van der Waals surface area contributed by atoms with Crippen LogP contribution in [0.2, 0.25) is 0 Å². The van der Waals surface area contributed by atoms with Gasteiger partial charge in [-0.25, -0.2) is 4.98 Å². The van der Waals surface area contributed by atoms with Gasteiger partial charge in [0.15, 0.2) is 0 Å². The van der Waals surface area contributed by atoms with Crippen molar-refractivity contribution in [1.29, 1.82) is 0 Å². The Bertz CT molecular complexity index is 463. The molecule has 102 valence electrons. The Kier molecular flexibility index (Phi) is 7.25. The summed E-state index contributed by atoms with van der Waals surface area (Å²) in [6.07, 6.45) is 3.10. The van der Waals surface area contributed by atoms with Gasteiger partial charge >= 0.3 is 0 Å². The molecule has 0 fully saturated rings. The molecule has 0 saturated heterocycles. The summed E-state index contributed by atoms with van der Waals surface area (Å²) < 4.78 is 4.88. The number of hydrogen-bond donors (Lipinski definition) is 2. The summed E-state index contributed by atoms with van der Waals surface area (Å²) in [5.41, 5.74) is 0.760. The largest absolute Gasteiger partial charge is 0.395 e. The van der Waals surface area contributed by atoms with E-state index in [-0.39, 0.29) is 12.5 Å². The minimum Gasteiger partial charge on any atom is -0.395 e. The second-order valence-corrected chi connectivity index (χ2v) is 3.85. The highest BCUT2D eigenvalue weighted by molar-refractivity contribution is 5.89. The molecule has 1 amide bonds. The first-order valence-electron chi connectivity index (χ1n) is 6.11. The summed E-state index contributed by atoms with van der Waals surface area (Å²) in [4.78, 5) is 15.6. The van der Waals surface area contributed by atoms with Gasteiger partial charge in [0.05, 0.1) is 6.61 Å². The van der Waals surface area contributed by atoms with E-state index in [1.165, 1.54) is 0 Å². The summed E-state index contributed by atoms with van der Waals surface area (Å²) >= 11 is 0. The lowest BCUT2D eigenvalue weighted by Crippen LogP contribution is -2.13. The second-order valence-electron chi connectivity index (χ2n) is 3.85. The van der Waals surface area contributed by atoms with Crippen LogP contribution >= 0.6 is 0 Å². The molecule has 0 aliphatic carbocycles. The predicted octanol–water partition coefficient (Wildman–Crippen LogP) is 1.18. The maximum Gasteiger partial charge on any atom is 0.225 e. The first-order chi connectivity index (χ1) is 9.26. The van der Waals surface area contributed by atoms with Gasteiger partial charge in [-0.3, -0.25) is 4.79 Å². The fourth-order valence-corrected chi connectivity index (χ4v) is 1.38. The molecule has 1 aromatic heterocycles. The van der Waals surface area contributed by atoms with Gasteiger partial charge < -0.3 is 15.2 Å². The Morgan fingerprint density at radius 3 is 3.16 bits per heavy atom. The zero-order chi connectivity index (χ0) is 13.9. The molecule has 5 nitrogen and oxygen atoms in total. The van der Waals surface area contributed by atoms with E-state index in [4.69, 9.17) is 9.84 Å². The van der Waals surface area contributed by atoms with Crippen molar-refractivity contribution in [2.24, 2.45) is 0 Å². The number of nitrogens with one attached hydrogen (secondary N) is 1. The van der Waals surface area contributed by atoms with Gasteiger partial charge in [0.2, 0.25) is 5.91 Å². The SMILES string of the molecule is COCCCC(=O)Nc1cc(C#CCCO)ccn1. The Hall–Kier alpha value is -1.90. The van der Waals surface area contributed by atoms with Crippen molar-refractivity contribution in [3.05, 3.63) is 23.9 Å². The van der Waals surface area contributed by atoms with Crippen molar-refractivity contribution in [1.82, 2.24) is 4.98 Å². The molecule has 0 saturated carbocycles. The minimum atomic E-state index is -0.0926. The molecule has 1 rings (SSSR count). The van der Waals surface area contributed by atoms with Crippen molar-refractivity contribution >= 4 is 11.7 Å².